The summed E-state index contributed by atoms with van der Waals surface area (Å²) in [7, 11) is 1.56. The Kier molecular flexibility index (Phi) is 5.13. The summed E-state index contributed by atoms with van der Waals surface area (Å²) in [6.45, 7) is 4.25. The third-order valence-electron chi connectivity index (χ3n) is 4.40. The monoisotopic (exact) mass is 372 g/mol. The van der Waals surface area contributed by atoms with Crippen LogP contribution in [0.4, 0.5) is 5.69 Å². The summed E-state index contributed by atoms with van der Waals surface area (Å²) in [6.07, 6.45) is 1.53. The van der Waals surface area contributed by atoms with Gasteiger partial charge in [0.05, 0.1) is 16.8 Å². The standard InChI is InChI=1S/C18H20N4O3S/c1-11-4-5-13(6-12(11)2)7-19-15(23)9-22-18(25)17-14(8-20-22)26-10-16(24)21(17)3/h4-6,8H,7,9-10H2,1-3H3,(H,19,23). The molecule has 1 N–H and O–H groups in total. The molecule has 0 radical (unpaired) electrons. The molecular formula is C18H20N4O3S. The van der Waals surface area contributed by atoms with Crippen LogP contribution >= 0.6 is 11.8 Å². The first-order valence-electron chi connectivity index (χ1n) is 8.19. The lowest BCUT2D eigenvalue weighted by molar-refractivity contribution is -0.122. The Morgan fingerprint density at radius 3 is 2.77 bits per heavy atom. The number of nitrogens with one attached hydrogen (secondary N) is 1. The maximum atomic E-state index is 12.6. The van der Waals surface area contributed by atoms with Crippen LogP contribution in [0.2, 0.25) is 0 Å². The van der Waals surface area contributed by atoms with Crippen molar-refractivity contribution in [1.82, 2.24) is 15.1 Å². The van der Waals surface area contributed by atoms with E-state index < -0.39 is 5.56 Å². The van der Waals surface area contributed by atoms with Gasteiger partial charge in [0.2, 0.25) is 11.8 Å². The van der Waals surface area contributed by atoms with Gasteiger partial charge in [0, 0.05) is 13.6 Å². The molecular weight excluding hydrogens is 352 g/mol. The molecule has 1 aliphatic heterocycles. The van der Waals surface area contributed by atoms with Gasteiger partial charge < -0.3 is 10.2 Å². The maximum Gasteiger partial charge on any atom is 0.292 e. The molecule has 0 bridgehead atoms. The van der Waals surface area contributed by atoms with Crippen LogP contribution < -0.4 is 15.8 Å². The SMILES string of the molecule is Cc1ccc(CNC(=O)Cn2ncc3c(c2=O)N(C)C(=O)CS3)cc1C. The van der Waals surface area contributed by atoms with Crippen molar-refractivity contribution in [3.8, 4) is 0 Å². The molecule has 0 unspecified atom stereocenters. The second-order valence-corrected chi connectivity index (χ2v) is 7.27. The number of aryl methyl sites for hydroxylation is 2. The molecule has 0 saturated heterocycles. The van der Waals surface area contributed by atoms with E-state index in [0.29, 0.717) is 11.4 Å². The summed E-state index contributed by atoms with van der Waals surface area (Å²) in [4.78, 5) is 38.6. The lowest BCUT2D eigenvalue weighted by atomic mass is 10.1. The Bertz CT molecular complexity index is 939. The molecule has 0 aliphatic carbocycles. The van der Waals surface area contributed by atoms with Crippen molar-refractivity contribution in [3.63, 3.8) is 0 Å². The molecule has 2 aromatic rings. The number of thioether (sulfide) groups is 1. The molecule has 0 saturated carbocycles. The van der Waals surface area contributed by atoms with Gasteiger partial charge in [-0.2, -0.15) is 5.10 Å². The topological polar surface area (TPSA) is 84.3 Å². The quantitative estimate of drug-likeness (QED) is 0.873. The van der Waals surface area contributed by atoms with E-state index in [4.69, 9.17) is 0 Å². The molecule has 2 amide bonds. The Labute approximate surface area is 155 Å². The summed E-state index contributed by atoms with van der Waals surface area (Å²) < 4.78 is 1.09. The van der Waals surface area contributed by atoms with E-state index >= 15 is 0 Å². The lowest BCUT2D eigenvalue weighted by Gasteiger charge is -2.24. The van der Waals surface area contributed by atoms with Gasteiger partial charge in [0.25, 0.3) is 5.56 Å². The number of amides is 2. The predicted molar refractivity (Wildman–Crippen MR) is 100 cm³/mol. The van der Waals surface area contributed by atoms with Crippen molar-refractivity contribution in [2.24, 2.45) is 0 Å². The predicted octanol–water partition coefficient (Wildman–Crippen LogP) is 1.25. The number of carbonyl (C=O) groups is 2. The second-order valence-electron chi connectivity index (χ2n) is 6.26. The van der Waals surface area contributed by atoms with Gasteiger partial charge in [-0.15, -0.1) is 11.8 Å². The number of hydrogen-bond acceptors (Lipinski definition) is 5. The minimum absolute atomic E-state index is 0.142. The van der Waals surface area contributed by atoms with E-state index in [1.165, 1.54) is 28.4 Å². The second kappa shape index (κ2) is 7.33. The first-order valence-corrected chi connectivity index (χ1v) is 9.17. The maximum absolute atomic E-state index is 12.6. The highest BCUT2D eigenvalue weighted by Gasteiger charge is 2.26. The highest BCUT2D eigenvalue weighted by Crippen LogP contribution is 2.30. The number of hydrogen-bond donors (Lipinski definition) is 1. The number of fused-ring (bicyclic) bond motifs is 1. The van der Waals surface area contributed by atoms with Gasteiger partial charge in [0.1, 0.15) is 12.2 Å². The number of benzene rings is 1. The third kappa shape index (κ3) is 3.65. The summed E-state index contributed by atoms with van der Waals surface area (Å²) in [6, 6.07) is 6.00. The molecule has 3 rings (SSSR count). The number of nitrogens with zero attached hydrogens (tertiary/aromatic N) is 3. The molecule has 7 nitrogen and oxygen atoms in total. The van der Waals surface area contributed by atoms with Crippen LogP contribution in [0.25, 0.3) is 0 Å². The number of aromatic nitrogens is 2. The van der Waals surface area contributed by atoms with E-state index in [1.54, 1.807) is 7.05 Å². The molecule has 136 valence electrons. The third-order valence-corrected chi connectivity index (χ3v) is 5.40. The van der Waals surface area contributed by atoms with Crippen molar-refractivity contribution in [2.45, 2.75) is 31.8 Å². The largest absolute Gasteiger partial charge is 0.350 e. The Balaban J connectivity index is 1.71. The zero-order chi connectivity index (χ0) is 18.8. The number of carbonyl (C=O) groups excluding carboxylic acids is 2. The molecule has 1 aliphatic rings. The minimum Gasteiger partial charge on any atom is -0.350 e. The smallest absolute Gasteiger partial charge is 0.292 e. The molecule has 0 fully saturated rings. The molecule has 1 aromatic carbocycles. The van der Waals surface area contributed by atoms with E-state index in [1.807, 2.05) is 32.0 Å². The highest BCUT2D eigenvalue weighted by molar-refractivity contribution is 8.00. The van der Waals surface area contributed by atoms with Crippen molar-refractivity contribution >= 4 is 29.3 Å². The van der Waals surface area contributed by atoms with Crippen LogP contribution in [0.3, 0.4) is 0 Å². The van der Waals surface area contributed by atoms with Gasteiger partial charge in [-0.25, -0.2) is 4.68 Å². The fourth-order valence-corrected chi connectivity index (χ4v) is 3.61. The van der Waals surface area contributed by atoms with Crippen LogP contribution in [0.5, 0.6) is 0 Å². The van der Waals surface area contributed by atoms with Crippen LogP contribution in [-0.2, 0) is 22.7 Å². The van der Waals surface area contributed by atoms with Gasteiger partial charge in [-0.3, -0.25) is 14.4 Å². The van der Waals surface area contributed by atoms with Gasteiger partial charge >= 0.3 is 0 Å². The molecule has 26 heavy (non-hydrogen) atoms. The van der Waals surface area contributed by atoms with Crippen molar-refractivity contribution in [1.29, 1.82) is 0 Å². The highest BCUT2D eigenvalue weighted by atomic mass is 32.2. The number of anilines is 1. The Hall–Kier alpha value is -2.61. The fraction of sp³-hybridized carbons (Fsp3) is 0.333. The summed E-state index contributed by atoms with van der Waals surface area (Å²) in [5, 5.41) is 6.85. The summed E-state index contributed by atoms with van der Waals surface area (Å²) in [5.41, 5.74) is 3.19. The normalized spacial score (nSPS) is 13.5. The zero-order valence-corrected chi connectivity index (χ0v) is 15.7. The van der Waals surface area contributed by atoms with Crippen molar-refractivity contribution in [2.75, 3.05) is 17.7 Å². The average Bonchev–Trinajstić information content (AvgIpc) is 2.61. The van der Waals surface area contributed by atoms with Crippen molar-refractivity contribution in [3.05, 3.63) is 51.4 Å². The molecule has 8 heteroatoms. The van der Waals surface area contributed by atoms with E-state index in [0.717, 1.165) is 15.8 Å². The van der Waals surface area contributed by atoms with Gasteiger partial charge in [-0.05, 0) is 30.5 Å². The van der Waals surface area contributed by atoms with Crippen LogP contribution in [0, 0.1) is 13.8 Å². The average molecular weight is 372 g/mol. The van der Waals surface area contributed by atoms with E-state index in [9.17, 15) is 14.4 Å². The Morgan fingerprint density at radius 2 is 2.04 bits per heavy atom. The molecule has 0 atom stereocenters. The van der Waals surface area contributed by atoms with Gasteiger partial charge in [-0.1, -0.05) is 18.2 Å². The number of rotatable bonds is 4. The van der Waals surface area contributed by atoms with Gasteiger partial charge in [0.15, 0.2) is 0 Å². The molecule has 2 heterocycles. The van der Waals surface area contributed by atoms with Crippen molar-refractivity contribution < 1.29 is 9.59 Å². The minimum atomic E-state index is -0.438. The first kappa shape index (κ1) is 18.2. The first-order chi connectivity index (χ1) is 12.4. The molecule has 0 spiro atoms. The fourth-order valence-electron chi connectivity index (χ4n) is 2.66. The summed E-state index contributed by atoms with van der Waals surface area (Å²) in [5.74, 6) is -0.169. The zero-order valence-electron chi connectivity index (χ0n) is 14.9. The van der Waals surface area contributed by atoms with Crippen LogP contribution in [0.15, 0.2) is 34.1 Å². The molecule has 1 aromatic heterocycles. The van der Waals surface area contributed by atoms with E-state index in [-0.39, 0.29) is 29.8 Å². The lowest BCUT2D eigenvalue weighted by Crippen LogP contribution is -2.40. The van der Waals surface area contributed by atoms with E-state index in [2.05, 4.69) is 10.4 Å². The Morgan fingerprint density at radius 1 is 1.27 bits per heavy atom. The van der Waals surface area contributed by atoms with Crippen LogP contribution in [0.1, 0.15) is 16.7 Å². The van der Waals surface area contributed by atoms with Crippen LogP contribution in [-0.4, -0.2) is 34.4 Å². The summed E-state index contributed by atoms with van der Waals surface area (Å²) >= 11 is 1.28.